The second-order valence-corrected chi connectivity index (χ2v) is 5.22. The van der Waals surface area contributed by atoms with E-state index in [2.05, 4.69) is 46.2 Å². The highest BCUT2D eigenvalue weighted by Gasteiger charge is 2.18. The van der Waals surface area contributed by atoms with Crippen LogP contribution in [0.4, 0.5) is 5.69 Å². The number of benzene rings is 1. The Labute approximate surface area is 119 Å². The monoisotopic (exact) mass is 271 g/mol. The molecule has 1 fully saturated rings. The molecule has 2 heterocycles. The lowest BCUT2D eigenvalue weighted by atomic mass is 10.2. The third-order valence-electron chi connectivity index (χ3n) is 3.82. The van der Waals surface area contributed by atoms with E-state index in [4.69, 9.17) is 10.2 Å². The first-order chi connectivity index (χ1) is 9.85. The average Bonchev–Trinajstić information content (AvgIpc) is 2.97. The minimum absolute atomic E-state index is 0.547. The highest BCUT2D eigenvalue weighted by atomic mass is 16.3. The summed E-state index contributed by atoms with van der Waals surface area (Å²) in [5.41, 5.74) is 7.99. The van der Waals surface area contributed by atoms with Crippen molar-refractivity contribution in [3.05, 3.63) is 54.0 Å². The molecular formula is C16H21N3O. The molecule has 0 spiro atoms. The van der Waals surface area contributed by atoms with Gasteiger partial charge < -0.3 is 15.1 Å². The van der Waals surface area contributed by atoms with Crippen LogP contribution in [-0.2, 0) is 13.1 Å². The van der Waals surface area contributed by atoms with Crippen molar-refractivity contribution in [3.8, 4) is 0 Å². The van der Waals surface area contributed by atoms with Gasteiger partial charge in [0.25, 0.3) is 0 Å². The number of para-hydroxylation sites is 1. The number of hydrogen-bond donors (Lipinski definition) is 1. The van der Waals surface area contributed by atoms with E-state index < -0.39 is 0 Å². The van der Waals surface area contributed by atoms with Gasteiger partial charge in [0, 0.05) is 44.0 Å². The predicted octanol–water partition coefficient (Wildman–Crippen LogP) is 2.06. The number of rotatable bonds is 4. The molecule has 2 N–H and O–H groups in total. The average molecular weight is 271 g/mol. The fourth-order valence-corrected chi connectivity index (χ4v) is 2.64. The summed E-state index contributed by atoms with van der Waals surface area (Å²) in [5.74, 6) is 1.01. The molecule has 1 saturated heterocycles. The molecule has 1 aromatic heterocycles. The fourth-order valence-electron chi connectivity index (χ4n) is 2.64. The lowest BCUT2D eigenvalue weighted by Gasteiger charge is -2.35. The van der Waals surface area contributed by atoms with Crippen LogP contribution in [0.2, 0.25) is 0 Å². The summed E-state index contributed by atoms with van der Waals surface area (Å²) in [4.78, 5) is 4.86. The maximum absolute atomic E-state index is 5.60. The molecule has 0 bridgehead atoms. The highest BCUT2D eigenvalue weighted by Crippen LogP contribution is 2.17. The first-order valence-electron chi connectivity index (χ1n) is 7.14. The fraction of sp³-hybridized carbons (Fsp3) is 0.375. The Morgan fingerprint density at radius 2 is 1.80 bits per heavy atom. The maximum atomic E-state index is 5.60. The van der Waals surface area contributed by atoms with Crippen molar-refractivity contribution >= 4 is 5.69 Å². The summed E-state index contributed by atoms with van der Waals surface area (Å²) in [6.07, 6.45) is 1.76. The van der Waals surface area contributed by atoms with E-state index >= 15 is 0 Å². The predicted molar refractivity (Wildman–Crippen MR) is 80.5 cm³/mol. The molecule has 4 heteroatoms. The van der Waals surface area contributed by atoms with E-state index in [-0.39, 0.29) is 0 Å². The molecule has 106 valence electrons. The summed E-state index contributed by atoms with van der Waals surface area (Å²) in [5, 5.41) is 0. The van der Waals surface area contributed by atoms with E-state index in [0.29, 0.717) is 6.54 Å². The molecule has 1 aliphatic heterocycles. The van der Waals surface area contributed by atoms with Crippen LogP contribution in [0.15, 0.2) is 47.1 Å². The smallest absolute Gasteiger partial charge is 0.118 e. The topological polar surface area (TPSA) is 45.6 Å². The minimum Gasteiger partial charge on any atom is -0.468 e. The molecule has 0 atom stereocenters. The van der Waals surface area contributed by atoms with Gasteiger partial charge >= 0.3 is 0 Å². The second-order valence-electron chi connectivity index (χ2n) is 5.22. The third kappa shape index (κ3) is 3.03. The Morgan fingerprint density at radius 3 is 2.45 bits per heavy atom. The van der Waals surface area contributed by atoms with Crippen LogP contribution in [0.3, 0.4) is 0 Å². The highest BCUT2D eigenvalue weighted by molar-refractivity contribution is 5.46. The van der Waals surface area contributed by atoms with Crippen LogP contribution < -0.4 is 10.6 Å². The zero-order chi connectivity index (χ0) is 13.8. The first-order valence-corrected chi connectivity index (χ1v) is 7.14. The molecule has 0 radical (unpaired) electrons. The van der Waals surface area contributed by atoms with Gasteiger partial charge in [0.2, 0.25) is 0 Å². The van der Waals surface area contributed by atoms with Crippen molar-refractivity contribution < 1.29 is 4.42 Å². The van der Waals surface area contributed by atoms with Crippen LogP contribution >= 0.6 is 0 Å². The number of nitrogens with zero attached hydrogens (tertiary/aromatic N) is 2. The maximum Gasteiger partial charge on any atom is 0.118 e. The van der Waals surface area contributed by atoms with E-state index in [1.54, 1.807) is 6.26 Å². The molecule has 1 aromatic carbocycles. The Balaban J connectivity index is 1.53. The molecule has 0 aliphatic carbocycles. The van der Waals surface area contributed by atoms with Crippen molar-refractivity contribution in [2.24, 2.45) is 5.73 Å². The molecule has 0 unspecified atom stereocenters. The van der Waals surface area contributed by atoms with Gasteiger partial charge in [0.15, 0.2) is 0 Å². The van der Waals surface area contributed by atoms with Gasteiger partial charge in [-0.3, -0.25) is 4.90 Å². The van der Waals surface area contributed by atoms with Crippen molar-refractivity contribution in [1.82, 2.24) is 4.90 Å². The van der Waals surface area contributed by atoms with Crippen LogP contribution in [0.5, 0.6) is 0 Å². The number of piperazine rings is 1. The molecule has 2 aromatic rings. The minimum atomic E-state index is 0.547. The van der Waals surface area contributed by atoms with Crippen molar-refractivity contribution in [1.29, 1.82) is 0 Å². The Hall–Kier alpha value is -1.78. The van der Waals surface area contributed by atoms with Gasteiger partial charge in [0.1, 0.15) is 5.76 Å². The quantitative estimate of drug-likeness (QED) is 0.924. The lowest BCUT2D eigenvalue weighted by molar-refractivity contribution is 0.230. The molecule has 0 amide bonds. The van der Waals surface area contributed by atoms with Crippen LogP contribution in [0, 0.1) is 0 Å². The summed E-state index contributed by atoms with van der Waals surface area (Å²) in [7, 11) is 0. The Morgan fingerprint density at radius 1 is 1.05 bits per heavy atom. The number of hydrogen-bond acceptors (Lipinski definition) is 4. The van der Waals surface area contributed by atoms with Crippen molar-refractivity contribution in [2.75, 3.05) is 31.1 Å². The zero-order valence-electron chi connectivity index (χ0n) is 11.7. The lowest BCUT2D eigenvalue weighted by Crippen LogP contribution is -2.45. The first kappa shape index (κ1) is 13.2. The van der Waals surface area contributed by atoms with Gasteiger partial charge in [-0.1, -0.05) is 18.2 Å². The summed E-state index contributed by atoms with van der Waals surface area (Å²) in [6.45, 7) is 5.68. The normalized spacial score (nSPS) is 16.6. The summed E-state index contributed by atoms with van der Waals surface area (Å²) in [6, 6.07) is 12.7. The molecular weight excluding hydrogens is 250 g/mol. The largest absolute Gasteiger partial charge is 0.468 e. The number of anilines is 1. The van der Waals surface area contributed by atoms with E-state index in [9.17, 15) is 0 Å². The SMILES string of the molecule is NCc1coc(CN2CCN(c3ccccc3)CC2)c1. The number of furan rings is 1. The van der Waals surface area contributed by atoms with Gasteiger partial charge in [-0.2, -0.15) is 0 Å². The van der Waals surface area contributed by atoms with Gasteiger partial charge in [0.05, 0.1) is 12.8 Å². The van der Waals surface area contributed by atoms with Crippen LogP contribution in [0.1, 0.15) is 11.3 Å². The van der Waals surface area contributed by atoms with Gasteiger partial charge in [-0.25, -0.2) is 0 Å². The van der Waals surface area contributed by atoms with Crippen molar-refractivity contribution in [3.63, 3.8) is 0 Å². The zero-order valence-corrected chi connectivity index (χ0v) is 11.7. The molecule has 1 aliphatic rings. The number of nitrogens with two attached hydrogens (primary N) is 1. The van der Waals surface area contributed by atoms with E-state index in [1.165, 1.54) is 5.69 Å². The van der Waals surface area contributed by atoms with Crippen LogP contribution in [-0.4, -0.2) is 31.1 Å². The standard InChI is InChI=1S/C16H21N3O/c17-11-14-10-16(20-13-14)12-18-6-8-19(9-7-18)15-4-2-1-3-5-15/h1-5,10,13H,6-9,11-12,17H2. The second kappa shape index (κ2) is 6.11. The Kier molecular flexibility index (Phi) is 4.04. The van der Waals surface area contributed by atoms with Crippen molar-refractivity contribution in [2.45, 2.75) is 13.1 Å². The van der Waals surface area contributed by atoms with Gasteiger partial charge in [-0.15, -0.1) is 0 Å². The molecule has 4 nitrogen and oxygen atoms in total. The summed E-state index contributed by atoms with van der Waals surface area (Å²) < 4.78 is 5.53. The molecule has 20 heavy (non-hydrogen) atoms. The van der Waals surface area contributed by atoms with E-state index in [1.807, 2.05) is 0 Å². The summed E-state index contributed by atoms with van der Waals surface area (Å²) >= 11 is 0. The Bertz CT molecular complexity index is 530. The molecule has 0 saturated carbocycles. The van der Waals surface area contributed by atoms with E-state index in [0.717, 1.165) is 44.0 Å². The van der Waals surface area contributed by atoms with Gasteiger partial charge in [-0.05, 0) is 18.2 Å². The van der Waals surface area contributed by atoms with Crippen LogP contribution in [0.25, 0.3) is 0 Å². The molecule has 3 rings (SSSR count). The third-order valence-corrected chi connectivity index (χ3v) is 3.82.